The Morgan fingerprint density at radius 3 is 2.57 bits per heavy atom. The van der Waals surface area contributed by atoms with Gasteiger partial charge in [-0.15, -0.1) is 11.6 Å². The van der Waals surface area contributed by atoms with E-state index in [1.807, 2.05) is 0 Å². The molecule has 2 saturated heterocycles. The molecule has 0 aromatic heterocycles. The predicted molar refractivity (Wildman–Crippen MR) is 56.8 cm³/mol. The highest BCUT2D eigenvalue weighted by Crippen LogP contribution is 2.36. The van der Waals surface area contributed by atoms with E-state index in [0.29, 0.717) is 5.88 Å². The molecular formula is C11H19ClO2. The summed E-state index contributed by atoms with van der Waals surface area (Å²) < 4.78 is 11.2. The lowest BCUT2D eigenvalue weighted by Crippen LogP contribution is -2.34. The highest BCUT2D eigenvalue weighted by Gasteiger charge is 2.36. The van der Waals surface area contributed by atoms with Crippen LogP contribution in [0.15, 0.2) is 0 Å². The molecule has 0 amide bonds. The van der Waals surface area contributed by atoms with Crippen LogP contribution in [0.1, 0.15) is 32.1 Å². The Morgan fingerprint density at radius 1 is 1.21 bits per heavy atom. The molecule has 0 saturated carbocycles. The molecule has 2 rings (SSSR count). The maximum absolute atomic E-state index is 6.03. The van der Waals surface area contributed by atoms with Crippen LogP contribution in [0, 0.1) is 5.92 Å². The molecule has 82 valence electrons. The van der Waals surface area contributed by atoms with Crippen LogP contribution in [-0.2, 0) is 9.47 Å². The summed E-state index contributed by atoms with van der Waals surface area (Å²) in [5.41, 5.74) is 0.00353. The fraction of sp³-hybridized carbons (Fsp3) is 1.00. The molecule has 14 heavy (non-hydrogen) atoms. The molecule has 0 aromatic carbocycles. The van der Waals surface area contributed by atoms with Gasteiger partial charge in [-0.3, -0.25) is 0 Å². The lowest BCUT2D eigenvalue weighted by Gasteiger charge is -2.32. The molecule has 3 heteroatoms. The molecular weight excluding hydrogens is 200 g/mol. The third-order valence-corrected chi connectivity index (χ3v) is 3.92. The Morgan fingerprint density at radius 2 is 2.00 bits per heavy atom. The molecule has 2 aliphatic heterocycles. The van der Waals surface area contributed by atoms with E-state index in [4.69, 9.17) is 21.1 Å². The lowest BCUT2D eigenvalue weighted by atomic mass is 9.85. The zero-order chi connectivity index (χ0) is 9.86. The summed E-state index contributed by atoms with van der Waals surface area (Å²) in [6.07, 6.45) is 5.83. The predicted octanol–water partition coefficient (Wildman–Crippen LogP) is 2.59. The van der Waals surface area contributed by atoms with Crippen LogP contribution in [0.3, 0.4) is 0 Å². The van der Waals surface area contributed by atoms with Crippen LogP contribution < -0.4 is 0 Å². The Bertz CT molecular complexity index is 172. The van der Waals surface area contributed by atoms with Crippen LogP contribution >= 0.6 is 11.6 Å². The van der Waals surface area contributed by atoms with E-state index < -0.39 is 0 Å². The van der Waals surface area contributed by atoms with Gasteiger partial charge in [0, 0.05) is 19.8 Å². The fourth-order valence-electron chi connectivity index (χ4n) is 2.55. The zero-order valence-electron chi connectivity index (χ0n) is 8.64. The molecule has 0 N–H and O–H groups in total. The van der Waals surface area contributed by atoms with Gasteiger partial charge in [0.1, 0.15) is 0 Å². The van der Waals surface area contributed by atoms with Crippen molar-refractivity contribution >= 4 is 11.6 Å². The van der Waals surface area contributed by atoms with Gasteiger partial charge in [-0.25, -0.2) is 0 Å². The van der Waals surface area contributed by atoms with E-state index in [1.54, 1.807) is 0 Å². The largest absolute Gasteiger partial charge is 0.381 e. The number of alkyl halides is 1. The molecule has 0 aliphatic carbocycles. The summed E-state index contributed by atoms with van der Waals surface area (Å²) >= 11 is 6.03. The molecule has 2 heterocycles. The SMILES string of the molecule is ClCC1(CC2CCOCC2)CCCO1. The summed E-state index contributed by atoms with van der Waals surface area (Å²) in [6, 6.07) is 0. The number of hydrogen-bond donors (Lipinski definition) is 0. The van der Waals surface area contributed by atoms with Gasteiger partial charge in [-0.2, -0.15) is 0 Å². The van der Waals surface area contributed by atoms with E-state index >= 15 is 0 Å². The van der Waals surface area contributed by atoms with Crippen molar-refractivity contribution in [3.05, 3.63) is 0 Å². The quantitative estimate of drug-likeness (QED) is 0.678. The summed E-state index contributed by atoms with van der Waals surface area (Å²) in [5.74, 6) is 1.42. The molecule has 0 aromatic rings. The second-order valence-electron chi connectivity index (χ2n) is 4.53. The van der Waals surface area contributed by atoms with Gasteiger partial charge < -0.3 is 9.47 Å². The summed E-state index contributed by atoms with van der Waals surface area (Å²) in [4.78, 5) is 0. The fourth-order valence-corrected chi connectivity index (χ4v) is 2.87. The monoisotopic (exact) mass is 218 g/mol. The normalized spacial score (nSPS) is 34.9. The average Bonchev–Trinajstić information content (AvgIpc) is 2.69. The van der Waals surface area contributed by atoms with Crippen LogP contribution in [-0.4, -0.2) is 31.3 Å². The van der Waals surface area contributed by atoms with Crippen LogP contribution in [0.2, 0.25) is 0 Å². The first-order chi connectivity index (χ1) is 6.85. The van der Waals surface area contributed by atoms with E-state index in [0.717, 1.165) is 38.6 Å². The molecule has 2 aliphatic rings. The maximum Gasteiger partial charge on any atom is 0.0820 e. The first kappa shape index (κ1) is 10.7. The third kappa shape index (κ3) is 2.41. The third-order valence-electron chi connectivity index (χ3n) is 3.43. The minimum absolute atomic E-state index is 0.00353. The number of hydrogen-bond acceptors (Lipinski definition) is 2. The summed E-state index contributed by atoms with van der Waals surface area (Å²) in [6.45, 7) is 2.74. The first-order valence-corrected chi connectivity index (χ1v) is 6.16. The topological polar surface area (TPSA) is 18.5 Å². The van der Waals surface area contributed by atoms with Crippen LogP contribution in [0.5, 0.6) is 0 Å². The van der Waals surface area contributed by atoms with E-state index in [9.17, 15) is 0 Å². The molecule has 2 fully saturated rings. The highest BCUT2D eigenvalue weighted by molar-refractivity contribution is 6.18. The van der Waals surface area contributed by atoms with Gasteiger partial charge in [0.15, 0.2) is 0 Å². The van der Waals surface area contributed by atoms with Gasteiger partial charge in [-0.1, -0.05) is 0 Å². The van der Waals surface area contributed by atoms with Gasteiger partial charge >= 0.3 is 0 Å². The molecule has 0 radical (unpaired) electrons. The van der Waals surface area contributed by atoms with Crippen molar-refractivity contribution in [3.8, 4) is 0 Å². The highest BCUT2D eigenvalue weighted by atomic mass is 35.5. The second kappa shape index (κ2) is 4.82. The Hall–Kier alpha value is 0.210. The average molecular weight is 219 g/mol. The second-order valence-corrected chi connectivity index (χ2v) is 4.80. The molecule has 1 unspecified atom stereocenters. The van der Waals surface area contributed by atoms with Gasteiger partial charge in [0.2, 0.25) is 0 Å². The smallest absolute Gasteiger partial charge is 0.0820 e. The van der Waals surface area contributed by atoms with Crippen molar-refractivity contribution in [3.63, 3.8) is 0 Å². The van der Waals surface area contributed by atoms with Gasteiger partial charge in [0.25, 0.3) is 0 Å². The molecule has 1 atom stereocenters. The van der Waals surface area contributed by atoms with Gasteiger partial charge in [-0.05, 0) is 38.0 Å². The number of halogens is 1. The standard InChI is InChI=1S/C11H19ClO2/c12-9-11(4-1-5-14-11)8-10-2-6-13-7-3-10/h10H,1-9H2. The summed E-state index contributed by atoms with van der Waals surface area (Å²) in [5, 5.41) is 0. The van der Waals surface area contributed by atoms with Gasteiger partial charge in [0.05, 0.1) is 11.5 Å². The zero-order valence-corrected chi connectivity index (χ0v) is 9.39. The minimum Gasteiger partial charge on any atom is -0.381 e. The van der Waals surface area contributed by atoms with E-state index in [2.05, 4.69) is 0 Å². The van der Waals surface area contributed by atoms with Crippen molar-refractivity contribution in [2.24, 2.45) is 5.92 Å². The van der Waals surface area contributed by atoms with Crippen molar-refractivity contribution in [1.82, 2.24) is 0 Å². The summed E-state index contributed by atoms with van der Waals surface area (Å²) in [7, 11) is 0. The lowest BCUT2D eigenvalue weighted by molar-refractivity contribution is -0.0179. The number of rotatable bonds is 3. The first-order valence-electron chi connectivity index (χ1n) is 5.62. The van der Waals surface area contributed by atoms with E-state index in [1.165, 1.54) is 19.3 Å². The van der Waals surface area contributed by atoms with Crippen molar-refractivity contribution in [1.29, 1.82) is 0 Å². The molecule has 0 bridgehead atoms. The Kier molecular flexibility index (Phi) is 3.69. The molecule has 2 nitrogen and oxygen atoms in total. The van der Waals surface area contributed by atoms with Crippen molar-refractivity contribution < 1.29 is 9.47 Å². The van der Waals surface area contributed by atoms with E-state index in [-0.39, 0.29) is 5.60 Å². The molecule has 0 spiro atoms. The van der Waals surface area contributed by atoms with Crippen LogP contribution in [0.4, 0.5) is 0 Å². The Labute approximate surface area is 90.9 Å². The Balaban J connectivity index is 1.86. The van der Waals surface area contributed by atoms with Crippen molar-refractivity contribution in [2.45, 2.75) is 37.7 Å². The van der Waals surface area contributed by atoms with Crippen molar-refractivity contribution in [2.75, 3.05) is 25.7 Å². The van der Waals surface area contributed by atoms with Crippen LogP contribution in [0.25, 0.3) is 0 Å². The maximum atomic E-state index is 6.03. The minimum atomic E-state index is 0.00353. The number of ether oxygens (including phenoxy) is 2.